The standard InChI is InChI=1S/C10H13N3O2S/c1-3-6-13(2)16(14,15)10-5-4-9(7-11)12-8-10/h4-5,8H,3,6H2,1-2H3. The van der Waals surface area contributed by atoms with Crippen LogP contribution in [0.2, 0.25) is 0 Å². The van der Waals surface area contributed by atoms with E-state index in [4.69, 9.17) is 5.26 Å². The number of sulfonamides is 1. The van der Waals surface area contributed by atoms with Crippen LogP contribution < -0.4 is 0 Å². The van der Waals surface area contributed by atoms with Crippen molar-refractivity contribution in [3.8, 4) is 6.07 Å². The van der Waals surface area contributed by atoms with E-state index in [0.717, 1.165) is 6.42 Å². The van der Waals surface area contributed by atoms with Crippen LogP contribution in [0.3, 0.4) is 0 Å². The predicted octanol–water partition coefficient (Wildman–Crippen LogP) is 0.984. The molecular formula is C10H13N3O2S. The van der Waals surface area contributed by atoms with E-state index in [1.54, 1.807) is 0 Å². The van der Waals surface area contributed by atoms with Crippen LogP contribution in [0.1, 0.15) is 19.0 Å². The molecule has 1 rings (SSSR count). The maximum Gasteiger partial charge on any atom is 0.244 e. The second kappa shape index (κ2) is 5.05. The highest BCUT2D eigenvalue weighted by molar-refractivity contribution is 7.89. The third-order valence-corrected chi connectivity index (χ3v) is 3.94. The number of hydrogen-bond acceptors (Lipinski definition) is 4. The Balaban J connectivity index is 3.04. The molecule has 0 aliphatic heterocycles. The first-order chi connectivity index (χ1) is 7.52. The first-order valence-corrected chi connectivity index (χ1v) is 6.29. The molecule has 0 saturated heterocycles. The Labute approximate surface area is 95.4 Å². The zero-order chi connectivity index (χ0) is 12.2. The molecule has 0 aliphatic rings. The Hall–Kier alpha value is -1.45. The van der Waals surface area contributed by atoms with Gasteiger partial charge in [0.05, 0.1) is 0 Å². The molecule has 1 heterocycles. The fraction of sp³-hybridized carbons (Fsp3) is 0.400. The van der Waals surface area contributed by atoms with Gasteiger partial charge in [0.15, 0.2) is 0 Å². The van der Waals surface area contributed by atoms with Crippen molar-refractivity contribution in [1.29, 1.82) is 5.26 Å². The first-order valence-electron chi connectivity index (χ1n) is 4.85. The van der Waals surface area contributed by atoms with Crippen molar-refractivity contribution in [3.05, 3.63) is 24.0 Å². The minimum Gasteiger partial charge on any atom is -0.244 e. The predicted molar refractivity (Wildman–Crippen MR) is 59.1 cm³/mol. The zero-order valence-corrected chi connectivity index (χ0v) is 10.0. The Morgan fingerprint density at radius 1 is 1.50 bits per heavy atom. The molecule has 0 aromatic carbocycles. The lowest BCUT2D eigenvalue weighted by molar-refractivity contribution is 0.468. The van der Waals surface area contributed by atoms with Crippen LogP contribution >= 0.6 is 0 Å². The van der Waals surface area contributed by atoms with Crippen molar-refractivity contribution in [2.24, 2.45) is 0 Å². The van der Waals surface area contributed by atoms with E-state index in [-0.39, 0.29) is 10.6 Å². The van der Waals surface area contributed by atoms with Crippen molar-refractivity contribution in [2.75, 3.05) is 13.6 Å². The van der Waals surface area contributed by atoms with Crippen molar-refractivity contribution >= 4 is 10.0 Å². The summed E-state index contributed by atoms with van der Waals surface area (Å²) in [4.78, 5) is 3.85. The van der Waals surface area contributed by atoms with Gasteiger partial charge in [-0.05, 0) is 18.6 Å². The molecule has 0 unspecified atom stereocenters. The van der Waals surface area contributed by atoms with Crippen molar-refractivity contribution in [2.45, 2.75) is 18.2 Å². The molecule has 1 aromatic rings. The third kappa shape index (κ3) is 2.56. The van der Waals surface area contributed by atoms with E-state index in [1.807, 2.05) is 13.0 Å². The fourth-order valence-corrected chi connectivity index (χ4v) is 2.42. The minimum absolute atomic E-state index is 0.113. The van der Waals surface area contributed by atoms with Crippen LogP contribution in [-0.2, 0) is 10.0 Å². The summed E-state index contributed by atoms with van der Waals surface area (Å²) in [7, 11) is -1.94. The molecule has 1 aromatic heterocycles. The first kappa shape index (κ1) is 12.6. The van der Waals surface area contributed by atoms with Crippen LogP contribution in [0.4, 0.5) is 0 Å². The Kier molecular flexibility index (Phi) is 3.99. The summed E-state index contributed by atoms with van der Waals surface area (Å²) in [5, 5.41) is 8.55. The summed E-state index contributed by atoms with van der Waals surface area (Å²) in [5.74, 6) is 0. The lowest BCUT2D eigenvalue weighted by Crippen LogP contribution is -2.27. The maximum absolute atomic E-state index is 11.9. The van der Waals surface area contributed by atoms with E-state index >= 15 is 0 Å². The van der Waals surface area contributed by atoms with E-state index in [0.29, 0.717) is 6.54 Å². The molecule has 0 atom stereocenters. The number of pyridine rings is 1. The molecule has 0 spiro atoms. The van der Waals surface area contributed by atoms with E-state index in [1.165, 1.54) is 29.7 Å². The lowest BCUT2D eigenvalue weighted by Gasteiger charge is -2.15. The summed E-state index contributed by atoms with van der Waals surface area (Å²) in [6.45, 7) is 2.37. The van der Waals surface area contributed by atoms with Crippen LogP contribution in [0, 0.1) is 11.3 Å². The molecule has 0 saturated carbocycles. The molecule has 86 valence electrons. The van der Waals surface area contributed by atoms with Gasteiger partial charge in [-0.2, -0.15) is 5.26 Å². The van der Waals surface area contributed by atoms with Crippen LogP contribution in [0.15, 0.2) is 23.2 Å². The number of nitriles is 1. The van der Waals surface area contributed by atoms with Gasteiger partial charge in [0.25, 0.3) is 0 Å². The molecule has 0 fully saturated rings. The van der Waals surface area contributed by atoms with Crippen LogP contribution in [-0.4, -0.2) is 31.3 Å². The third-order valence-electron chi connectivity index (χ3n) is 2.10. The highest BCUT2D eigenvalue weighted by atomic mass is 32.2. The number of hydrogen-bond donors (Lipinski definition) is 0. The smallest absolute Gasteiger partial charge is 0.244 e. The summed E-state index contributed by atoms with van der Waals surface area (Å²) < 4.78 is 25.1. The van der Waals surface area contributed by atoms with Gasteiger partial charge in [-0.3, -0.25) is 0 Å². The van der Waals surface area contributed by atoms with E-state index in [9.17, 15) is 8.42 Å². The zero-order valence-electron chi connectivity index (χ0n) is 9.21. The monoisotopic (exact) mass is 239 g/mol. The van der Waals surface area contributed by atoms with Gasteiger partial charge in [0.2, 0.25) is 10.0 Å². The quantitative estimate of drug-likeness (QED) is 0.785. The molecule has 0 N–H and O–H groups in total. The largest absolute Gasteiger partial charge is 0.244 e. The average molecular weight is 239 g/mol. The maximum atomic E-state index is 11.9. The highest BCUT2D eigenvalue weighted by Crippen LogP contribution is 2.13. The van der Waals surface area contributed by atoms with Gasteiger partial charge in [0, 0.05) is 19.8 Å². The van der Waals surface area contributed by atoms with Crippen molar-refractivity contribution in [1.82, 2.24) is 9.29 Å². The lowest BCUT2D eigenvalue weighted by atomic mass is 10.4. The second-order valence-electron chi connectivity index (χ2n) is 3.32. The van der Waals surface area contributed by atoms with Gasteiger partial charge in [-0.1, -0.05) is 6.92 Å². The summed E-state index contributed by atoms with van der Waals surface area (Å²) in [6, 6.07) is 4.63. The highest BCUT2D eigenvalue weighted by Gasteiger charge is 2.19. The fourth-order valence-electron chi connectivity index (χ4n) is 1.21. The Morgan fingerprint density at radius 3 is 2.62 bits per heavy atom. The number of rotatable bonds is 4. The molecular weight excluding hydrogens is 226 g/mol. The van der Waals surface area contributed by atoms with Crippen LogP contribution in [0.5, 0.6) is 0 Å². The molecule has 0 bridgehead atoms. The molecule has 5 nitrogen and oxygen atoms in total. The van der Waals surface area contributed by atoms with Gasteiger partial charge >= 0.3 is 0 Å². The average Bonchev–Trinajstić information content (AvgIpc) is 2.29. The molecule has 6 heteroatoms. The Morgan fingerprint density at radius 2 is 2.19 bits per heavy atom. The summed E-state index contributed by atoms with van der Waals surface area (Å²) >= 11 is 0. The number of nitrogens with zero attached hydrogens (tertiary/aromatic N) is 3. The van der Waals surface area contributed by atoms with Gasteiger partial charge < -0.3 is 0 Å². The number of aromatic nitrogens is 1. The minimum atomic E-state index is -3.46. The van der Waals surface area contributed by atoms with Crippen molar-refractivity contribution in [3.63, 3.8) is 0 Å². The molecule has 0 radical (unpaired) electrons. The van der Waals surface area contributed by atoms with Gasteiger partial charge in [-0.25, -0.2) is 17.7 Å². The van der Waals surface area contributed by atoms with Gasteiger partial charge in [-0.15, -0.1) is 0 Å². The molecule has 16 heavy (non-hydrogen) atoms. The molecule has 0 amide bonds. The topological polar surface area (TPSA) is 74.1 Å². The SMILES string of the molecule is CCCN(C)S(=O)(=O)c1ccc(C#N)nc1. The van der Waals surface area contributed by atoms with Gasteiger partial charge in [0.1, 0.15) is 16.7 Å². The Bertz CT molecular complexity index is 488. The molecule has 0 aliphatic carbocycles. The van der Waals surface area contributed by atoms with E-state index in [2.05, 4.69) is 4.98 Å². The summed E-state index contributed by atoms with van der Waals surface area (Å²) in [6.07, 6.45) is 1.96. The normalized spacial score (nSPS) is 11.4. The van der Waals surface area contributed by atoms with Crippen LogP contribution in [0.25, 0.3) is 0 Å². The second-order valence-corrected chi connectivity index (χ2v) is 5.36. The van der Waals surface area contributed by atoms with Crippen molar-refractivity contribution < 1.29 is 8.42 Å². The van der Waals surface area contributed by atoms with E-state index < -0.39 is 10.0 Å². The summed E-state index contributed by atoms with van der Waals surface area (Å²) in [5.41, 5.74) is 0.206.